The Kier molecular flexibility index (Phi) is 6.53. The minimum absolute atomic E-state index is 0.146. The van der Waals surface area contributed by atoms with Gasteiger partial charge in [0.15, 0.2) is 0 Å². The van der Waals surface area contributed by atoms with Crippen LogP contribution in [0.5, 0.6) is 0 Å². The molecule has 1 heterocycles. The van der Waals surface area contributed by atoms with E-state index in [9.17, 15) is 0 Å². The lowest BCUT2D eigenvalue weighted by Gasteiger charge is -2.62. The average Bonchev–Trinajstić information content (AvgIpc) is 3.01. The fourth-order valence-electron chi connectivity index (χ4n) is 8.41. The number of rotatable bonds is 7. The summed E-state index contributed by atoms with van der Waals surface area (Å²) < 4.78 is 0. The van der Waals surface area contributed by atoms with E-state index in [1.165, 1.54) is 19.3 Å². The van der Waals surface area contributed by atoms with Crippen molar-refractivity contribution in [3.8, 4) is 0 Å². The van der Waals surface area contributed by atoms with Crippen molar-refractivity contribution in [3.63, 3.8) is 0 Å². The van der Waals surface area contributed by atoms with Crippen LogP contribution in [0.1, 0.15) is 109 Å². The molecular formula is C24H49NS. The first kappa shape index (κ1) is 24.3. The first-order valence-corrected chi connectivity index (χ1v) is 11.5. The zero-order valence-corrected chi connectivity index (χ0v) is 21.2. The Morgan fingerprint density at radius 1 is 0.923 bits per heavy atom. The molecule has 1 saturated heterocycles. The molecule has 0 amide bonds. The molecule has 1 fully saturated rings. The molecule has 4 atom stereocenters. The monoisotopic (exact) mass is 383 g/mol. The molecule has 1 rings (SSSR count). The largest absolute Gasteiger partial charge is 0.284 e. The van der Waals surface area contributed by atoms with Crippen LogP contribution in [-0.4, -0.2) is 27.8 Å². The van der Waals surface area contributed by atoms with E-state index in [2.05, 4.69) is 94.9 Å². The van der Waals surface area contributed by atoms with Crippen LogP contribution in [0, 0.1) is 21.7 Å². The zero-order valence-electron chi connectivity index (χ0n) is 20.3. The molecule has 0 N–H and O–H groups in total. The second-order valence-electron chi connectivity index (χ2n) is 12.0. The van der Waals surface area contributed by atoms with E-state index >= 15 is 0 Å². The summed E-state index contributed by atoms with van der Waals surface area (Å²) in [5.41, 5.74) is 1.22. The fourth-order valence-corrected chi connectivity index (χ4v) is 8.57. The summed E-state index contributed by atoms with van der Waals surface area (Å²) >= 11 is 4.69. The normalized spacial score (nSPS) is 30.0. The summed E-state index contributed by atoms with van der Waals surface area (Å²) in [6.45, 7) is 32.1. The van der Waals surface area contributed by atoms with E-state index in [4.69, 9.17) is 12.6 Å². The summed E-state index contributed by atoms with van der Waals surface area (Å²) in [6.07, 6.45) is 3.77. The van der Waals surface area contributed by atoms with Gasteiger partial charge in [-0.3, -0.25) is 4.90 Å². The van der Waals surface area contributed by atoms with Crippen molar-refractivity contribution in [3.05, 3.63) is 0 Å². The van der Waals surface area contributed by atoms with Crippen molar-refractivity contribution in [1.82, 2.24) is 4.90 Å². The van der Waals surface area contributed by atoms with Gasteiger partial charge >= 0.3 is 0 Å². The zero-order chi connectivity index (χ0) is 21.0. The highest BCUT2D eigenvalue weighted by Crippen LogP contribution is 2.76. The third-order valence-electron chi connectivity index (χ3n) is 8.41. The maximum atomic E-state index is 4.69. The number of hydrogen-bond donors (Lipinski definition) is 1. The summed E-state index contributed by atoms with van der Waals surface area (Å²) in [7, 11) is 0. The molecule has 4 unspecified atom stereocenters. The molecule has 1 aliphatic heterocycles. The topological polar surface area (TPSA) is 3.01 Å². The highest BCUT2D eigenvalue weighted by molar-refractivity contribution is 7.80. The van der Waals surface area contributed by atoms with E-state index in [1.54, 1.807) is 0 Å². The third-order valence-corrected chi connectivity index (χ3v) is 8.93. The van der Waals surface area contributed by atoms with E-state index in [0.717, 1.165) is 5.75 Å². The maximum Gasteiger partial charge on any atom is 0.0501 e. The van der Waals surface area contributed by atoms with Crippen LogP contribution in [0.15, 0.2) is 0 Å². The Balaban J connectivity index is 3.82. The molecule has 26 heavy (non-hydrogen) atoms. The quantitative estimate of drug-likeness (QED) is 0.353. The lowest BCUT2D eigenvalue weighted by Crippen LogP contribution is -2.61. The highest BCUT2D eigenvalue weighted by Gasteiger charge is 2.82. The van der Waals surface area contributed by atoms with Crippen LogP contribution in [0.25, 0.3) is 0 Å². The molecule has 1 nitrogen and oxygen atoms in total. The molecule has 0 spiro atoms. The smallest absolute Gasteiger partial charge is 0.0501 e. The Bertz CT molecular complexity index is 493. The van der Waals surface area contributed by atoms with Gasteiger partial charge in [-0.15, -0.1) is 0 Å². The van der Waals surface area contributed by atoms with Gasteiger partial charge in [-0.05, 0) is 55.3 Å². The second kappa shape index (κ2) is 6.97. The van der Waals surface area contributed by atoms with E-state index in [-0.39, 0.29) is 32.7 Å². The molecule has 0 saturated carbocycles. The number of thiol groups is 1. The Morgan fingerprint density at radius 2 is 1.38 bits per heavy atom. The summed E-state index contributed by atoms with van der Waals surface area (Å²) in [5, 5.41) is 0. The molecule has 0 bridgehead atoms. The van der Waals surface area contributed by atoms with Crippen molar-refractivity contribution in [2.24, 2.45) is 21.7 Å². The van der Waals surface area contributed by atoms with Crippen LogP contribution in [0.3, 0.4) is 0 Å². The lowest BCUT2D eigenvalue weighted by molar-refractivity contribution is -0.117. The minimum atomic E-state index is 0.146. The van der Waals surface area contributed by atoms with Crippen molar-refractivity contribution in [1.29, 1.82) is 0 Å². The van der Waals surface area contributed by atoms with Crippen LogP contribution >= 0.6 is 12.6 Å². The van der Waals surface area contributed by atoms with E-state index < -0.39 is 0 Å². The van der Waals surface area contributed by atoms with Crippen molar-refractivity contribution in [2.45, 2.75) is 126 Å². The predicted octanol–water partition coefficient (Wildman–Crippen LogP) is 7.45. The minimum Gasteiger partial charge on any atom is -0.284 e. The molecule has 0 radical (unpaired) electrons. The lowest BCUT2D eigenvalue weighted by atomic mass is 9.42. The Morgan fingerprint density at radius 3 is 1.65 bits per heavy atom. The molecule has 2 heteroatoms. The first-order chi connectivity index (χ1) is 11.5. The van der Waals surface area contributed by atoms with E-state index in [1.807, 2.05) is 0 Å². The summed E-state index contributed by atoms with van der Waals surface area (Å²) in [4.78, 5) is 2.82. The van der Waals surface area contributed by atoms with Gasteiger partial charge in [0.2, 0.25) is 0 Å². The second-order valence-corrected chi connectivity index (χ2v) is 12.3. The van der Waals surface area contributed by atoms with Gasteiger partial charge in [0.05, 0.1) is 5.54 Å². The maximum absolute atomic E-state index is 4.69. The molecule has 0 aromatic carbocycles. The van der Waals surface area contributed by atoms with Gasteiger partial charge in [0.25, 0.3) is 0 Å². The predicted molar refractivity (Wildman–Crippen MR) is 122 cm³/mol. The first-order valence-electron chi connectivity index (χ1n) is 10.9. The van der Waals surface area contributed by atoms with Crippen LogP contribution in [-0.2, 0) is 0 Å². The molecular weight excluding hydrogens is 334 g/mol. The third kappa shape index (κ3) is 2.83. The Hall–Kier alpha value is 0.310. The van der Waals surface area contributed by atoms with Gasteiger partial charge in [0.1, 0.15) is 0 Å². The standard InChI is InChI=1S/C24H49NS/c1-14-16-23(15-2,19(4,5)6)21(10,11)24(20(7,8)9)22(12,13)25(24)18(3)17-26/h18,26H,14-17H2,1-13H3. The van der Waals surface area contributed by atoms with Gasteiger partial charge in [-0.25, -0.2) is 0 Å². The SMILES string of the molecule is CCCC(CC)(C(C)(C)C)C(C)(C)C1(C(C)(C)C)N(C(C)CS)C1(C)C. The van der Waals surface area contributed by atoms with E-state index in [0.29, 0.717) is 6.04 Å². The van der Waals surface area contributed by atoms with Crippen LogP contribution in [0.4, 0.5) is 0 Å². The summed E-state index contributed by atoms with van der Waals surface area (Å²) in [5.74, 6) is 0.916. The van der Waals surface area contributed by atoms with Crippen molar-refractivity contribution >= 4 is 12.6 Å². The average molecular weight is 384 g/mol. The number of hydrogen-bond acceptors (Lipinski definition) is 2. The molecule has 0 aromatic rings. The van der Waals surface area contributed by atoms with Crippen molar-refractivity contribution in [2.75, 3.05) is 5.75 Å². The van der Waals surface area contributed by atoms with Crippen molar-refractivity contribution < 1.29 is 0 Å². The Labute approximate surface area is 171 Å². The van der Waals surface area contributed by atoms with Gasteiger partial charge in [0, 0.05) is 17.3 Å². The molecule has 1 aliphatic rings. The van der Waals surface area contributed by atoms with Gasteiger partial charge < -0.3 is 0 Å². The number of nitrogens with zero attached hydrogens (tertiary/aromatic N) is 1. The molecule has 0 aliphatic carbocycles. The highest BCUT2D eigenvalue weighted by atomic mass is 32.1. The fraction of sp³-hybridized carbons (Fsp3) is 1.00. The molecule has 0 aromatic heterocycles. The van der Waals surface area contributed by atoms with Crippen LogP contribution < -0.4 is 0 Å². The van der Waals surface area contributed by atoms with Gasteiger partial charge in [-0.2, -0.15) is 12.6 Å². The van der Waals surface area contributed by atoms with Crippen LogP contribution in [0.2, 0.25) is 0 Å². The van der Waals surface area contributed by atoms with Gasteiger partial charge in [-0.1, -0.05) is 75.7 Å². The molecule has 156 valence electrons. The summed E-state index contributed by atoms with van der Waals surface area (Å²) in [6, 6.07) is 0.489.